The van der Waals surface area contributed by atoms with Crippen LogP contribution in [0.25, 0.3) is 0 Å². The highest BCUT2D eigenvalue weighted by atomic mass is 79.9. The van der Waals surface area contributed by atoms with Gasteiger partial charge in [-0.1, -0.05) is 35.8 Å². The van der Waals surface area contributed by atoms with Gasteiger partial charge in [0.1, 0.15) is 0 Å². The lowest BCUT2D eigenvalue weighted by atomic mass is 10.0. The first-order valence-corrected chi connectivity index (χ1v) is 5.80. The fraction of sp³-hybridized carbons (Fsp3) is 0.545. The van der Waals surface area contributed by atoms with Crippen molar-refractivity contribution in [3.05, 3.63) is 23.9 Å². The van der Waals surface area contributed by atoms with Crippen LogP contribution in [0.15, 0.2) is 18.2 Å². The zero-order valence-corrected chi connectivity index (χ0v) is 10.4. The summed E-state index contributed by atoms with van der Waals surface area (Å²) in [5, 5.41) is 0. The molecule has 78 valence electrons. The molecule has 0 aromatic carbocycles. The summed E-state index contributed by atoms with van der Waals surface area (Å²) in [6.45, 7) is 6.90. The maximum Gasteiger partial charge on any atom is 0.213 e. The highest BCUT2D eigenvalue weighted by Gasteiger charge is 2.12. The van der Waals surface area contributed by atoms with Crippen LogP contribution in [0.4, 0.5) is 0 Å². The van der Waals surface area contributed by atoms with Gasteiger partial charge in [0.05, 0.1) is 6.61 Å². The first-order valence-electron chi connectivity index (χ1n) is 4.89. The van der Waals surface area contributed by atoms with Crippen molar-refractivity contribution in [3.8, 4) is 5.88 Å². The Morgan fingerprint density at radius 3 is 2.71 bits per heavy atom. The smallest absolute Gasteiger partial charge is 0.213 e. The van der Waals surface area contributed by atoms with Crippen molar-refractivity contribution in [1.82, 2.24) is 4.98 Å². The van der Waals surface area contributed by atoms with Crippen molar-refractivity contribution in [2.75, 3.05) is 6.61 Å². The molecule has 0 aliphatic rings. The first-order chi connectivity index (χ1) is 6.65. The Labute approximate surface area is 93.8 Å². The first kappa shape index (κ1) is 11.5. The van der Waals surface area contributed by atoms with Gasteiger partial charge >= 0.3 is 0 Å². The summed E-state index contributed by atoms with van der Waals surface area (Å²) in [5.74, 6) is 1.11. The molecular weight excluding hydrogens is 242 g/mol. The Bertz CT molecular complexity index is 288. The van der Waals surface area contributed by atoms with E-state index in [1.54, 1.807) is 0 Å². The number of nitrogens with zero attached hydrogens (tertiary/aromatic N) is 1. The average molecular weight is 258 g/mol. The van der Waals surface area contributed by atoms with Gasteiger partial charge in [0.15, 0.2) is 0 Å². The summed E-state index contributed by atoms with van der Waals surface area (Å²) in [4.78, 5) is 4.85. The molecule has 0 bridgehead atoms. The van der Waals surface area contributed by atoms with Gasteiger partial charge in [-0.2, -0.15) is 0 Å². The van der Waals surface area contributed by atoms with Crippen LogP contribution in [0.2, 0.25) is 0 Å². The lowest BCUT2D eigenvalue weighted by Crippen LogP contribution is -2.07. The highest BCUT2D eigenvalue weighted by Crippen LogP contribution is 2.23. The van der Waals surface area contributed by atoms with Gasteiger partial charge in [-0.3, -0.25) is 0 Å². The van der Waals surface area contributed by atoms with Crippen LogP contribution in [0.3, 0.4) is 0 Å². The van der Waals surface area contributed by atoms with Crippen molar-refractivity contribution >= 4 is 15.9 Å². The topological polar surface area (TPSA) is 22.1 Å². The minimum absolute atomic E-state index is 0.399. The Morgan fingerprint density at radius 1 is 1.43 bits per heavy atom. The zero-order valence-electron chi connectivity index (χ0n) is 8.83. The molecular formula is C11H16BrNO. The molecule has 0 saturated carbocycles. The van der Waals surface area contributed by atoms with E-state index in [4.69, 9.17) is 4.74 Å². The molecule has 0 radical (unpaired) electrons. The second-order valence-electron chi connectivity index (χ2n) is 3.30. The van der Waals surface area contributed by atoms with Crippen LogP contribution in [-0.2, 0) is 0 Å². The Hall–Kier alpha value is -0.570. The number of aromatic nitrogens is 1. The third-order valence-electron chi connectivity index (χ3n) is 2.19. The van der Waals surface area contributed by atoms with Gasteiger partial charge in [0.25, 0.3) is 0 Å². The van der Waals surface area contributed by atoms with Gasteiger partial charge in [-0.15, -0.1) is 0 Å². The number of pyridine rings is 1. The van der Waals surface area contributed by atoms with Crippen molar-refractivity contribution in [2.24, 2.45) is 0 Å². The largest absolute Gasteiger partial charge is 0.478 e. The normalized spacial score (nSPS) is 14.9. The van der Waals surface area contributed by atoms with E-state index in [0.717, 1.165) is 5.69 Å². The van der Waals surface area contributed by atoms with Crippen LogP contribution in [0, 0.1) is 0 Å². The fourth-order valence-corrected chi connectivity index (χ4v) is 1.42. The van der Waals surface area contributed by atoms with E-state index >= 15 is 0 Å². The molecule has 14 heavy (non-hydrogen) atoms. The van der Waals surface area contributed by atoms with Gasteiger partial charge in [-0.05, 0) is 13.0 Å². The minimum atomic E-state index is 0.399. The molecule has 0 amide bonds. The second kappa shape index (κ2) is 5.35. The Kier molecular flexibility index (Phi) is 4.39. The third-order valence-corrected chi connectivity index (χ3v) is 2.99. The molecule has 1 heterocycles. The van der Waals surface area contributed by atoms with E-state index in [1.807, 2.05) is 25.1 Å². The molecule has 3 heteroatoms. The Morgan fingerprint density at radius 2 is 2.14 bits per heavy atom. The van der Waals surface area contributed by atoms with E-state index in [-0.39, 0.29) is 0 Å². The monoisotopic (exact) mass is 257 g/mol. The highest BCUT2D eigenvalue weighted by molar-refractivity contribution is 9.09. The number of alkyl halides is 1. The summed E-state index contributed by atoms with van der Waals surface area (Å²) < 4.78 is 5.35. The van der Waals surface area contributed by atoms with Crippen LogP contribution in [0.5, 0.6) is 5.88 Å². The molecule has 0 spiro atoms. The zero-order chi connectivity index (χ0) is 10.6. The third kappa shape index (κ3) is 2.98. The van der Waals surface area contributed by atoms with E-state index in [2.05, 4.69) is 34.8 Å². The van der Waals surface area contributed by atoms with Crippen molar-refractivity contribution in [1.29, 1.82) is 0 Å². The molecule has 0 saturated heterocycles. The summed E-state index contributed by atoms with van der Waals surface area (Å²) in [6, 6.07) is 5.91. The maximum atomic E-state index is 5.35. The molecule has 2 atom stereocenters. The summed E-state index contributed by atoms with van der Waals surface area (Å²) in [6.07, 6.45) is 0. The molecule has 1 rings (SSSR count). The standard InChI is InChI=1S/C11H16BrNO/c1-4-14-11-7-5-6-10(13-11)8(2)9(3)12/h5-9H,4H2,1-3H3. The number of rotatable bonds is 4. The molecule has 0 fully saturated rings. The predicted molar refractivity (Wildman–Crippen MR) is 62.2 cm³/mol. The molecule has 2 unspecified atom stereocenters. The van der Waals surface area contributed by atoms with Gasteiger partial charge in [0.2, 0.25) is 5.88 Å². The van der Waals surface area contributed by atoms with Crippen LogP contribution < -0.4 is 4.74 Å². The molecule has 0 aliphatic carbocycles. The molecule has 1 aromatic heterocycles. The van der Waals surface area contributed by atoms with Crippen LogP contribution in [0.1, 0.15) is 32.4 Å². The SMILES string of the molecule is CCOc1cccc(C(C)C(C)Br)n1. The summed E-state index contributed by atoms with van der Waals surface area (Å²) >= 11 is 3.56. The number of halogens is 1. The van der Waals surface area contributed by atoms with Gasteiger partial charge < -0.3 is 4.74 Å². The number of ether oxygens (including phenoxy) is 1. The molecule has 0 N–H and O–H groups in total. The number of hydrogen-bond acceptors (Lipinski definition) is 2. The molecule has 0 aliphatic heterocycles. The van der Waals surface area contributed by atoms with Crippen molar-refractivity contribution in [2.45, 2.75) is 31.5 Å². The van der Waals surface area contributed by atoms with E-state index in [0.29, 0.717) is 23.2 Å². The lowest BCUT2D eigenvalue weighted by molar-refractivity contribution is 0.325. The maximum absolute atomic E-state index is 5.35. The minimum Gasteiger partial charge on any atom is -0.478 e. The van der Waals surface area contributed by atoms with Crippen LogP contribution >= 0.6 is 15.9 Å². The van der Waals surface area contributed by atoms with E-state index in [1.165, 1.54) is 0 Å². The van der Waals surface area contributed by atoms with Crippen molar-refractivity contribution < 1.29 is 4.74 Å². The quantitative estimate of drug-likeness (QED) is 0.772. The second-order valence-corrected chi connectivity index (χ2v) is 4.74. The average Bonchev–Trinajstić information content (AvgIpc) is 2.17. The van der Waals surface area contributed by atoms with Crippen LogP contribution in [-0.4, -0.2) is 16.4 Å². The summed E-state index contributed by atoms with van der Waals surface area (Å²) in [5.41, 5.74) is 1.07. The number of hydrogen-bond donors (Lipinski definition) is 0. The molecule has 2 nitrogen and oxygen atoms in total. The lowest BCUT2D eigenvalue weighted by Gasteiger charge is -2.14. The Balaban J connectivity index is 2.82. The van der Waals surface area contributed by atoms with Gasteiger partial charge in [0, 0.05) is 22.5 Å². The fourth-order valence-electron chi connectivity index (χ4n) is 1.15. The van der Waals surface area contributed by atoms with E-state index in [9.17, 15) is 0 Å². The predicted octanol–water partition coefficient (Wildman–Crippen LogP) is 3.37. The van der Waals surface area contributed by atoms with E-state index < -0.39 is 0 Å². The molecule has 1 aromatic rings. The van der Waals surface area contributed by atoms with Gasteiger partial charge in [-0.25, -0.2) is 4.98 Å². The van der Waals surface area contributed by atoms with Crippen molar-refractivity contribution in [3.63, 3.8) is 0 Å². The summed E-state index contributed by atoms with van der Waals surface area (Å²) in [7, 11) is 0.